The van der Waals surface area contributed by atoms with Gasteiger partial charge < -0.3 is 25.2 Å². The molecule has 10 heteroatoms. The summed E-state index contributed by atoms with van der Waals surface area (Å²) in [6.45, 7) is 9.47. The molecule has 10 nitrogen and oxygen atoms in total. The highest BCUT2D eigenvalue weighted by Crippen LogP contribution is 2.25. The lowest BCUT2D eigenvalue weighted by atomic mass is 10.1. The van der Waals surface area contributed by atoms with Gasteiger partial charge in [-0.25, -0.2) is 4.79 Å². The van der Waals surface area contributed by atoms with E-state index in [1.807, 2.05) is 36.4 Å². The lowest BCUT2D eigenvalue weighted by Gasteiger charge is -2.25. The number of amides is 4. The number of hydrogen-bond donors (Lipinski definition) is 4. The maximum atomic E-state index is 11.5. The average Bonchev–Trinajstić information content (AvgIpc) is 3.42. The highest BCUT2D eigenvalue weighted by molar-refractivity contribution is 6.06. The maximum Gasteiger partial charge on any atom is 0.322 e. The smallest absolute Gasteiger partial charge is 0.322 e. The molecule has 0 saturated carbocycles. The molecule has 2 aliphatic rings. The lowest BCUT2D eigenvalue weighted by Crippen LogP contribution is -2.39. The van der Waals surface area contributed by atoms with E-state index in [1.165, 1.54) is 0 Å². The van der Waals surface area contributed by atoms with Gasteiger partial charge in [0.05, 0.1) is 7.11 Å². The third-order valence-corrected chi connectivity index (χ3v) is 6.34. The fraction of sp³-hybridized carbons (Fsp3) is 0.400. The zero-order valence-corrected chi connectivity index (χ0v) is 23.8. The normalized spacial score (nSPS) is 15.4. The molecule has 4 rings (SSSR count). The Kier molecular flexibility index (Phi) is 10.7. The van der Waals surface area contributed by atoms with E-state index in [0.29, 0.717) is 18.4 Å². The van der Waals surface area contributed by atoms with Crippen molar-refractivity contribution in [1.82, 2.24) is 25.8 Å². The summed E-state index contributed by atoms with van der Waals surface area (Å²) >= 11 is 0. The van der Waals surface area contributed by atoms with Gasteiger partial charge in [0.2, 0.25) is 0 Å². The second-order valence-electron chi connectivity index (χ2n) is 9.87. The van der Waals surface area contributed by atoms with E-state index in [0.717, 1.165) is 54.1 Å². The molecule has 4 N–H and O–H groups in total. The summed E-state index contributed by atoms with van der Waals surface area (Å²) in [5.74, 6) is 6.50. The summed E-state index contributed by atoms with van der Waals surface area (Å²) in [7, 11) is 3.40. The van der Waals surface area contributed by atoms with Crippen LogP contribution in [0, 0.1) is 17.3 Å². The maximum absolute atomic E-state index is 11.5. The molecule has 1 fully saturated rings. The standard InChI is InChI=1S/C20H27N5O2.C10H11NO2/c1-4-12-25(13-11-22-14(2)3)18(21)16-8-5-15(6-9-16)7-10-17-19(26)24-20(27)23-17;1-11-6-7-3-4-8(13-2)5-9(7)10(11)12/h5-6,8-9,14,17,21-22H,4,11-13H2,1-3H3,(H2,23,24,26,27);3-5H,6H2,1-2H3/t17-;/m0./s1. The SMILES string of the molecule is CCCN(CCNC(C)C)C(=N)c1ccc(C#C[C@@H]2NC(=O)NC2=O)cc1.COc1ccc2c(c1)C(=O)N(C)C2. The zero-order chi connectivity index (χ0) is 29.2. The first-order chi connectivity index (χ1) is 19.1. The predicted octanol–water partition coefficient (Wildman–Crippen LogP) is 2.56. The molecule has 0 aliphatic carbocycles. The molecule has 0 radical (unpaired) electrons. The summed E-state index contributed by atoms with van der Waals surface area (Å²) in [5, 5.41) is 16.5. The molecule has 0 spiro atoms. The molecular weight excluding hydrogens is 508 g/mol. The zero-order valence-electron chi connectivity index (χ0n) is 23.8. The quantitative estimate of drug-likeness (QED) is 0.175. The number of benzene rings is 2. The number of hydrogen-bond acceptors (Lipinski definition) is 6. The van der Waals surface area contributed by atoms with Gasteiger partial charge in [-0.15, -0.1) is 0 Å². The Balaban J connectivity index is 0.000000281. The van der Waals surface area contributed by atoms with Gasteiger partial charge in [0.15, 0.2) is 6.04 Å². The van der Waals surface area contributed by atoms with E-state index in [9.17, 15) is 14.4 Å². The van der Waals surface area contributed by atoms with E-state index in [4.69, 9.17) is 10.1 Å². The fourth-order valence-corrected chi connectivity index (χ4v) is 4.21. The summed E-state index contributed by atoms with van der Waals surface area (Å²) in [5.41, 5.74) is 3.39. The second kappa shape index (κ2) is 14.1. The van der Waals surface area contributed by atoms with Crippen molar-refractivity contribution >= 4 is 23.7 Å². The van der Waals surface area contributed by atoms with Gasteiger partial charge in [0.1, 0.15) is 11.6 Å². The van der Waals surface area contributed by atoms with E-state index in [1.54, 1.807) is 25.1 Å². The molecule has 40 heavy (non-hydrogen) atoms. The topological polar surface area (TPSA) is 127 Å². The van der Waals surface area contributed by atoms with E-state index >= 15 is 0 Å². The van der Waals surface area contributed by atoms with E-state index in [2.05, 4.69) is 53.5 Å². The predicted molar refractivity (Wildman–Crippen MR) is 154 cm³/mol. The highest BCUT2D eigenvalue weighted by Gasteiger charge is 2.27. The van der Waals surface area contributed by atoms with Crippen LogP contribution in [0.2, 0.25) is 0 Å². The van der Waals surface area contributed by atoms with Crippen LogP contribution in [-0.2, 0) is 11.3 Å². The largest absolute Gasteiger partial charge is 0.497 e. The van der Waals surface area contributed by atoms with Crippen molar-refractivity contribution in [3.05, 3.63) is 64.7 Å². The number of rotatable bonds is 8. The molecule has 2 aromatic rings. The van der Waals surface area contributed by atoms with Crippen molar-refractivity contribution < 1.29 is 19.1 Å². The van der Waals surface area contributed by atoms with Crippen LogP contribution in [-0.4, -0.2) is 79.4 Å². The van der Waals surface area contributed by atoms with Crippen LogP contribution in [0.3, 0.4) is 0 Å². The second-order valence-corrected chi connectivity index (χ2v) is 9.87. The van der Waals surface area contributed by atoms with Gasteiger partial charge in [-0.3, -0.25) is 20.3 Å². The van der Waals surface area contributed by atoms with Gasteiger partial charge in [0.25, 0.3) is 11.8 Å². The minimum atomic E-state index is -0.816. The third-order valence-electron chi connectivity index (χ3n) is 6.34. The number of nitrogens with zero attached hydrogens (tertiary/aromatic N) is 2. The molecule has 1 atom stereocenters. The number of urea groups is 1. The van der Waals surface area contributed by atoms with Crippen LogP contribution in [0.1, 0.15) is 54.2 Å². The van der Waals surface area contributed by atoms with Gasteiger partial charge in [-0.1, -0.05) is 50.8 Å². The Labute approximate surface area is 236 Å². The van der Waals surface area contributed by atoms with Crippen LogP contribution in [0.5, 0.6) is 5.75 Å². The summed E-state index contributed by atoms with van der Waals surface area (Å²) in [6, 6.07) is 12.1. The Morgan fingerprint density at radius 1 is 1.18 bits per heavy atom. The molecule has 2 aliphatic heterocycles. The van der Waals surface area contributed by atoms with Crippen LogP contribution in [0.15, 0.2) is 42.5 Å². The van der Waals surface area contributed by atoms with E-state index in [-0.39, 0.29) is 5.91 Å². The van der Waals surface area contributed by atoms with Crippen LogP contribution in [0.4, 0.5) is 4.79 Å². The van der Waals surface area contributed by atoms with Crippen molar-refractivity contribution in [1.29, 1.82) is 5.41 Å². The molecular formula is C30H38N6O4. The molecule has 0 unspecified atom stereocenters. The molecule has 2 heterocycles. The van der Waals surface area contributed by atoms with Crippen LogP contribution in [0.25, 0.3) is 0 Å². The number of nitrogens with one attached hydrogen (secondary N) is 4. The van der Waals surface area contributed by atoms with Crippen molar-refractivity contribution in [2.75, 3.05) is 33.8 Å². The number of carbonyl (C=O) groups excluding carboxylic acids is 3. The Morgan fingerprint density at radius 3 is 2.50 bits per heavy atom. The monoisotopic (exact) mass is 546 g/mol. The van der Waals surface area contributed by atoms with Crippen molar-refractivity contribution in [3.63, 3.8) is 0 Å². The highest BCUT2D eigenvalue weighted by atomic mass is 16.5. The number of amidine groups is 1. The van der Waals surface area contributed by atoms with Gasteiger partial charge >= 0.3 is 6.03 Å². The molecule has 4 amide bonds. The Hall–Kier alpha value is -4.36. The van der Waals surface area contributed by atoms with Crippen LogP contribution >= 0.6 is 0 Å². The minimum Gasteiger partial charge on any atom is -0.497 e. The van der Waals surface area contributed by atoms with Crippen LogP contribution < -0.4 is 20.7 Å². The molecule has 2 aromatic carbocycles. The van der Waals surface area contributed by atoms with Crippen molar-refractivity contribution in [2.45, 2.75) is 45.8 Å². The van der Waals surface area contributed by atoms with Gasteiger partial charge in [-0.2, -0.15) is 0 Å². The minimum absolute atomic E-state index is 0.0777. The number of carbonyl (C=O) groups is 3. The molecule has 0 aromatic heterocycles. The average molecular weight is 547 g/mol. The molecule has 1 saturated heterocycles. The number of methoxy groups -OCH3 is 1. The first-order valence-corrected chi connectivity index (χ1v) is 13.4. The summed E-state index contributed by atoms with van der Waals surface area (Å²) < 4.78 is 5.05. The lowest BCUT2D eigenvalue weighted by molar-refractivity contribution is -0.119. The Morgan fingerprint density at radius 2 is 1.90 bits per heavy atom. The summed E-state index contributed by atoms with van der Waals surface area (Å²) in [4.78, 5) is 37.9. The fourth-order valence-electron chi connectivity index (χ4n) is 4.21. The first kappa shape index (κ1) is 30.2. The first-order valence-electron chi connectivity index (χ1n) is 13.4. The number of imide groups is 1. The van der Waals surface area contributed by atoms with E-state index < -0.39 is 18.0 Å². The molecule has 212 valence electrons. The number of ether oxygens (including phenoxy) is 1. The van der Waals surface area contributed by atoms with Crippen molar-refractivity contribution in [2.24, 2.45) is 0 Å². The Bertz CT molecular complexity index is 1300. The molecule has 0 bridgehead atoms. The van der Waals surface area contributed by atoms with Gasteiger partial charge in [-0.05, 0) is 36.2 Å². The third kappa shape index (κ3) is 8.07. The number of fused-ring (bicyclic) bond motifs is 1. The van der Waals surface area contributed by atoms with Gasteiger partial charge in [0, 0.05) is 56.0 Å². The van der Waals surface area contributed by atoms with Crippen molar-refractivity contribution in [3.8, 4) is 17.6 Å². The summed E-state index contributed by atoms with van der Waals surface area (Å²) in [6.07, 6.45) is 0.975.